The highest BCUT2D eigenvalue weighted by atomic mass is 16.3. The van der Waals surface area contributed by atoms with Crippen LogP contribution in [0.5, 0.6) is 0 Å². The van der Waals surface area contributed by atoms with Gasteiger partial charge in [0.05, 0.1) is 11.7 Å². The van der Waals surface area contributed by atoms with Crippen molar-refractivity contribution in [2.45, 2.75) is 111 Å². The molecule has 2 nitrogen and oxygen atoms in total. The third kappa shape index (κ3) is 3.78. The van der Waals surface area contributed by atoms with E-state index >= 15 is 0 Å². The zero-order valence-corrected chi connectivity index (χ0v) is 20.9. The second-order valence-corrected chi connectivity index (χ2v) is 12.8. The molecule has 9 unspecified atom stereocenters. The molecule has 0 radical (unpaired) electrons. The maximum atomic E-state index is 11.0. The molecular formula is C29H48O2. The minimum Gasteiger partial charge on any atom is -0.393 e. The van der Waals surface area contributed by atoms with Crippen molar-refractivity contribution >= 4 is 0 Å². The predicted molar refractivity (Wildman–Crippen MR) is 130 cm³/mol. The minimum atomic E-state index is -0.731. The highest BCUT2D eigenvalue weighted by Crippen LogP contribution is 2.66. The van der Waals surface area contributed by atoms with E-state index in [9.17, 15) is 10.2 Å². The molecule has 0 bridgehead atoms. The fourth-order valence-corrected chi connectivity index (χ4v) is 8.76. The Morgan fingerprint density at radius 2 is 1.90 bits per heavy atom. The van der Waals surface area contributed by atoms with E-state index in [1.807, 2.05) is 0 Å². The second kappa shape index (κ2) is 8.32. The van der Waals surface area contributed by atoms with Gasteiger partial charge in [-0.3, -0.25) is 0 Å². The summed E-state index contributed by atoms with van der Waals surface area (Å²) in [6, 6.07) is 0. The van der Waals surface area contributed by atoms with E-state index in [2.05, 4.69) is 47.3 Å². The monoisotopic (exact) mass is 428 g/mol. The summed E-state index contributed by atoms with van der Waals surface area (Å²) < 4.78 is 0. The molecule has 2 heteroatoms. The van der Waals surface area contributed by atoms with Crippen LogP contribution in [0.1, 0.15) is 98.8 Å². The summed E-state index contributed by atoms with van der Waals surface area (Å²) in [6.07, 6.45) is 16.1. The van der Waals surface area contributed by atoms with Crippen molar-refractivity contribution < 1.29 is 10.2 Å². The molecule has 4 aliphatic rings. The van der Waals surface area contributed by atoms with Crippen LogP contribution in [0.3, 0.4) is 0 Å². The quantitative estimate of drug-likeness (QED) is 0.451. The van der Waals surface area contributed by atoms with E-state index in [1.165, 1.54) is 38.5 Å². The first-order valence-electron chi connectivity index (χ1n) is 13.3. The van der Waals surface area contributed by atoms with Gasteiger partial charge in [0.25, 0.3) is 0 Å². The summed E-state index contributed by atoms with van der Waals surface area (Å²) in [4.78, 5) is 0. The summed E-state index contributed by atoms with van der Waals surface area (Å²) in [5.74, 6) is 3.91. The van der Waals surface area contributed by atoms with Gasteiger partial charge in [0, 0.05) is 0 Å². The molecule has 9 atom stereocenters. The fourth-order valence-electron chi connectivity index (χ4n) is 8.76. The third-order valence-corrected chi connectivity index (χ3v) is 11.1. The Balaban J connectivity index is 1.51. The van der Waals surface area contributed by atoms with Gasteiger partial charge in [-0.05, 0) is 111 Å². The van der Waals surface area contributed by atoms with Crippen LogP contribution in [-0.4, -0.2) is 21.9 Å². The van der Waals surface area contributed by atoms with Crippen LogP contribution >= 0.6 is 0 Å². The first-order chi connectivity index (χ1) is 14.5. The maximum Gasteiger partial charge on any atom is 0.0847 e. The Labute approximate surface area is 191 Å². The topological polar surface area (TPSA) is 40.5 Å². The van der Waals surface area contributed by atoms with Crippen molar-refractivity contribution in [3.8, 4) is 0 Å². The summed E-state index contributed by atoms with van der Waals surface area (Å²) >= 11 is 0. The lowest BCUT2D eigenvalue weighted by Crippen LogP contribution is -2.48. The van der Waals surface area contributed by atoms with Gasteiger partial charge in [0.15, 0.2) is 0 Å². The van der Waals surface area contributed by atoms with Crippen LogP contribution in [0.25, 0.3) is 0 Å². The lowest BCUT2D eigenvalue weighted by atomic mass is 9.48. The first-order valence-corrected chi connectivity index (χ1v) is 13.3. The molecule has 0 heterocycles. The highest BCUT2D eigenvalue weighted by Gasteiger charge is 2.57. The van der Waals surface area contributed by atoms with Crippen LogP contribution in [0.4, 0.5) is 0 Å². The number of aliphatic hydroxyl groups excluding tert-OH is 1. The summed E-state index contributed by atoms with van der Waals surface area (Å²) in [5, 5.41) is 21.2. The number of fused-ring (bicyclic) bond motifs is 5. The molecular weight excluding hydrogens is 380 g/mol. The Morgan fingerprint density at radius 3 is 2.58 bits per heavy atom. The smallest absolute Gasteiger partial charge is 0.0847 e. The van der Waals surface area contributed by atoms with Crippen molar-refractivity contribution in [3.05, 3.63) is 24.3 Å². The van der Waals surface area contributed by atoms with Gasteiger partial charge in [-0.25, -0.2) is 0 Å². The first kappa shape index (κ1) is 23.6. The Kier molecular flexibility index (Phi) is 6.32. The molecule has 0 spiro atoms. The van der Waals surface area contributed by atoms with Gasteiger partial charge in [0.1, 0.15) is 0 Å². The van der Waals surface area contributed by atoms with Gasteiger partial charge in [0.2, 0.25) is 0 Å². The third-order valence-electron chi connectivity index (χ3n) is 11.1. The van der Waals surface area contributed by atoms with Crippen molar-refractivity contribution in [1.82, 2.24) is 0 Å². The van der Waals surface area contributed by atoms with Gasteiger partial charge < -0.3 is 10.2 Å². The SMILES string of the molecule is C=CC(O)(CCC(C)C1CCC2C3CCC4CC(O)CCC4(C)C3=CCC12C)C(C)C. The van der Waals surface area contributed by atoms with E-state index in [1.54, 1.807) is 11.6 Å². The van der Waals surface area contributed by atoms with E-state index in [0.29, 0.717) is 22.7 Å². The van der Waals surface area contributed by atoms with E-state index in [4.69, 9.17) is 0 Å². The van der Waals surface area contributed by atoms with Crippen molar-refractivity contribution in [2.75, 3.05) is 0 Å². The van der Waals surface area contributed by atoms with Crippen LogP contribution in [0, 0.1) is 46.3 Å². The lowest BCUT2D eigenvalue weighted by molar-refractivity contribution is -0.0179. The van der Waals surface area contributed by atoms with Crippen LogP contribution in [0.2, 0.25) is 0 Å². The molecule has 0 aromatic heterocycles. The van der Waals surface area contributed by atoms with Gasteiger partial charge in [-0.2, -0.15) is 0 Å². The highest BCUT2D eigenvalue weighted by molar-refractivity contribution is 5.29. The second-order valence-electron chi connectivity index (χ2n) is 12.8. The normalized spacial score (nSPS) is 45.2. The fraction of sp³-hybridized carbons (Fsp3) is 0.862. The Morgan fingerprint density at radius 1 is 1.16 bits per heavy atom. The molecule has 0 aliphatic heterocycles. The average molecular weight is 429 g/mol. The number of hydrogen-bond acceptors (Lipinski definition) is 2. The van der Waals surface area contributed by atoms with Gasteiger partial charge >= 0.3 is 0 Å². The standard InChI is InChI=1S/C29H48O2/c1-7-29(31,19(2)3)17-12-20(4)24-10-11-25-23-9-8-21-18-22(30)13-15-27(21,5)26(23)14-16-28(24,25)6/h7,14,19-25,30-31H,1,8-13,15-18H2,2-6H3. The van der Waals surface area contributed by atoms with E-state index in [0.717, 1.165) is 43.4 Å². The largest absolute Gasteiger partial charge is 0.393 e. The Hall–Kier alpha value is -0.600. The molecule has 0 amide bonds. The van der Waals surface area contributed by atoms with Crippen LogP contribution in [0.15, 0.2) is 24.3 Å². The molecule has 0 aromatic carbocycles. The number of allylic oxidation sites excluding steroid dienone is 2. The number of rotatable bonds is 6. The van der Waals surface area contributed by atoms with Crippen molar-refractivity contribution in [2.24, 2.45) is 46.3 Å². The van der Waals surface area contributed by atoms with Crippen LogP contribution < -0.4 is 0 Å². The molecule has 31 heavy (non-hydrogen) atoms. The average Bonchev–Trinajstić information content (AvgIpc) is 3.09. The molecule has 4 rings (SSSR count). The molecule has 3 saturated carbocycles. The Bertz CT molecular complexity index is 710. The summed E-state index contributed by atoms with van der Waals surface area (Å²) in [6.45, 7) is 15.7. The molecule has 2 N–H and O–H groups in total. The van der Waals surface area contributed by atoms with E-state index < -0.39 is 5.60 Å². The number of aliphatic hydroxyl groups is 2. The van der Waals surface area contributed by atoms with Crippen molar-refractivity contribution in [3.63, 3.8) is 0 Å². The van der Waals surface area contributed by atoms with Crippen LogP contribution in [-0.2, 0) is 0 Å². The summed E-state index contributed by atoms with van der Waals surface area (Å²) in [7, 11) is 0. The van der Waals surface area contributed by atoms with Gasteiger partial charge in [-0.15, -0.1) is 6.58 Å². The van der Waals surface area contributed by atoms with Crippen molar-refractivity contribution in [1.29, 1.82) is 0 Å². The lowest BCUT2D eigenvalue weighted by Gasteiger charge is -2.57. The number of hydrogen-bond donors (Lipinski definition) is 2. The molecule has 4 aliphatic carbocycles. The molecule has 0 aromatic rings. The zero-order chi connectivity index (χ0) is 22.6. The zero-order valence-electron chi connectivity index (χ0n) is 20.9. The maximum absolute atomic E-state index is 11.0. The molecule has 176 valence electrons. The minimum absolute atomic E-state index is 0.0687. The summed E-state index contributed by atoms with van der Waals surface area (Å²) in [5.41, 5.74) is 1.80. The van der Waals surface area contributed by atoms with E-state index in [-0.39, 0.29) is 12.0 Å². The van der Waals surface area contributed by atoms with Gasteiger partial charge in [-0.1, -0.05) is 52.3 Å². The molecule has 3 fully saturated rings. The predicted octanol–water partition coefficient (Wildman–Crippen LogP) is 6.92. The molecule has 0 saturated heterocycles.